The van der Waals surface area contributed by atoms with Gasteiger partial charge in [-0.25, -0.2) is 9.97 Å². The molecule has 2 rings (SSSR count). The molecule has 5 heteroatoms. The standard InChI is InChI=1S/C9H10N4O/c1-6-4-8(13-12-6)9-10-3-2-7(5-14)11-9/h2-4,14H,5H2,1H3,(H,12,13). The van der Waals surface area contributed by atoms with Crippen LogP contribution in [-0.4, -0.2) is 25.3 Å². The van der Waals surface area contributed by atoms with Gasteiger partial charge in [-0.1, -0.05) is 0 Å². The molecule has 2 heterocycles. The third-order valence-corrected chi connectivity index (χ3v) is 1.81. The normalized spacial score (nSPS) is 10.4. The highest BCUT2D eigenvalue weighted by atomic mass is 16.3. The molecule has 0 fully saturated rings. The number of hydrogen-bond donors (Lipinski definition) is 2. The minimum atomic E-state index is -0.0844. The van der Waals surface area contributed by atoms with Crippen molar-refractivity contribution in [1.82, 2.24) is 20.2 Å². The first-order valence-corrected chi connectivity index (χ1v) is 4.25. The van der Waals surface area contributed by atoms with Gasteiger partial charge >= 0.3 is 0 Å². The summed E-state index contributed by atoms with van der Waals surface area (Å²) in [4.78, 5) is 8.20. The molecule has 0 aliphatic heterocycles. The molecule has 0 aliphatic carbocycles. The van der Waals surface area contributed by atoms with Gasteiger partial charge in [0.05, 0.1) is 12.3 Å². The van der Waals surface area contributed by atoms with E-state index in [1.807, 2.05) is 13.0 Å². The molecule has 0 spiro atoms. The number of aromatic amines is 1. The number of aliphatic hydroxyl groups is 1. The van der Waals surface area contributed by atoms with Crippen LogP contribution < -0.4 is 0 Å². The van der Waals surface area contributed by atoms with E-state index < -0.39 is 0 Å². The van der Waals surface area contributed by atoms with Crippen molar-refractivity contribution >= 4 is 0 Å². The molecule has 0 radical (unpaired) electrons. The Kier molecular flexibility index (Phi) is 2.24. The van der Waals surface area contributed by atoms with Crippen molar-refractivity contribution in [3.8, 4) is 11.5 Å². The zero-order chi connectivity index (χ0) is 9.97. The van der Waals surface area contributed by atoms with Gasteiger partial charge in [0, 0.05) is 11.9 Å². The molecule has 0 bridgehead atoms. The number of nitrogens with one attached hydrogen (secondary N) is 1. The SMILES string of the molecule is Cc1cc(-c2nccc(CO)n2)n[nH]1. The molecule has 0 aromatic carbocycles. The van der Waals surface area contributed by atoms with Crippen LogP contribution in [0, 0.1) is 6.92 Å². The van der Waals surface area contributed by atoms with Crippen LogP contribution in [-0.2, 0) is 6.61 Å². The van der Waals surface area contributed by atoms with Crippen molar-refractivity contribution in [3.63, 3.8) is 0 Å². The van der Waals surface area contributed by atoms with Crippen LogP contribution in [0.3, 0.4) is 0 Å². The number of aryl methyl sites for hydroxylation is 1. The smallest absolute Gasteiger partial charge is 0.180 e. The Morgan fingerprint density at radius 2 is 2.36 bits per heavy atom. The molecule has 2 N–H and O–H groups in total. The average Bonchev–Trinajstić information content (AvgIpc) is 2.65. The molecule has 0 amide bonds. The molecule has 5 nitrogen and oxygen atoms in total. The molecule has 0 saturated heterocycles. The van der Waals surface area contributed by atoms with Crippen LogP contribution in [0.1, 0.15) is 11.4 Å². The molecular formula is C9H10N4O. The minimum absolute atomic E-state index is 0.0844. The lowest BCUT2D eigenvalue weighted by molar-refractivity contribution is 0.277. The van der Waals surface area contributed by atoms with E-state index in [-0.39, 0.29) is 6.61 Å². The molecule has 14 heavy (non-hydrogen) atoms. The predicted molar refractivity (Wildman–Crippen MR) is 50.3 cm³/mol. The van der Waals surface area contributed by atoms with Crippen LogP contribution in [0.5, 0.6) is 0 Å². The van der Waals surface area contributed by atoms with E-state index in [2.05, 4.69) is 20.2 Å². The highest BCUT2D eigenvalue weighted by Gasteiger charge is 2.05. The fraction of sp³-hybridized carbons (Fsp3) is 0.222. The Bertz CT molecular complexity index is 438. The number of hydrogen-bond acceptors (Lipinski definition) is 4. The largest absolute Gasteiger partial charge is 0.390 e. The zero-order valence-electron chi connectivity index (χ0n) is 7.73. The summed E-state index contributed by atoms with van der Waals surface area (Å²) >= 11 is 0. The van der Waals surface area contributed by atoms with Crippen LogP contribution in [0.2, 0.25) is 0 Å². The Morgan fingerprint density at radius 1 is 1.50 bits per heavy atom. The molecule has 0 aliphatic rings. The van der Waals surface area contributed by atoms with Gasteiger partial charge in [0.25, 0.3) is 0 Å². The molecule has 2 aromatic rings. The highest BCUT2D eigenvalue weighted by Crippen LogP contribution is 2.11. The van der Waals surface area contributed by atoms with E-state index >= 15 is 0 Å². The summed E-state index contributed by atoms with van der Waals surface area (Å²) < 4.78 is 0. The average molecular weight is 190 g/mol. The maximum atomic E-state index is 8.90. The van der Waals surface area contributed by atoms with Crippen molar-refractivity contribution in [2.45, 2.75) is 13.5 Å². The summed E-state index contributed by atoms with van der Waals surface area (Å²) in [5.41, 5.74) is 2.24. The monoisotopic (exact) mass is 190 g/mol. The van der Waals surface area contributed by atoms with Gasteiger partial charge in [0.15, 0.2) is 5.82 Å². The number of H-pyrrole nitrogens is 1. The maximum Gasteiger partial charge on any atom is 0.180 e. The first kappa shape index (κ1) is 8.83. The van der Waals surface area contributed by atoms with Crippen molar-refractivity contribution < 1.29 is 5.11 Å². The molecule has 72 valence electrons. The van der Waals surface area contributed by atoms with Gasteiger partial charge in [-0.2, -0.15) is 5.10 Å². The van der Waals surface area contributed by atoms with E-state index in [0.29, 0.717) is 17.2 Å². The fourth-order valence-corrected chi connectivity index (χ4v) is 1.14. The third-order valence-electron chi connectivity index (χ3n) is 1.81. The number of nitrogens with zero attached hydrogens (tertiary/aromatic N) is 3. The summed E-state index contributed by atoms with van der Waals surface area (Å²) in [5.74, 6) is 0.529. The molecular weight excluding hydrogens is 180 g/mol. The van der Waals surface area contributed by atoms with Crippen LogP contribution >= 0.6 is 0 Å². The van der Waals surface area contributed by atoms with Gasteiger partial charge in [-0.05, 0) is 19.1 Å². The summed E-state index contributed by atoms with van der Waals surface area (Å²) in [7, 11) is 0. The lowest BCUT2D eigenvalue weighted by Gasteiger charge is -1.96. The Labute approximate surface area is 80.8 Å². The first-order chi connectivity index (χ1) is 6.79. The van der Waals surface area contributed by atoms with Gasteiger partial charge in [0.1, 0.15) is 5.69 Å². The second-order valence-electron chi connectivity index (χ2n) is 2.97. The van der Waals surface area contributed by atoms with Crippen LogP contribution in [0.25, 0.3) is 11.5 Å². The van der Waals surface area contributed by atoms with E-state index in [1.165, 1.54) is 0 Å². The van der Waals surface area contributed by atoms with Gasteiger partial charge in [0.2, 0.25) is 0 Å². The van der Waals surface area contributed by atoms with Crippen LogP contribution in [0.4, 0.5) is 0 Å². The second-order valence-corrected chi connectivity index (χ2v) is 2.97. The van der Waals surface area contributed by atoms with Crippen molar-refractivity contribution in [2.24, 2.45) is 0 Å². The van der Waals surface area contributed by atoms with Gasteiger partial charge in [-0.15, -0.1) is 0 Å². The van der Waals surface area contributed by atoms with E-state index in [0.717, 1.165) is 5.69 Å². The number of aliphatic hydroxyl groups excluding tert-OH is 1. The predicted octanol–water partition coefficient (Wildman–Crippen LogP) is 0.667. The summed E-state index contributed by atoms with van der Waals surface area (Å²) in [6.45, 7) is 1.82. The summed E-state index contributed by atoms with van der Waals surface area (Å²) in [6.07, 6.45) is 1.61. The van der Waals surface area contributed by atoms with E-state index in [4.69, 9.17) is 5.11 Å². The zero-order valence-corrected chi connectivity index (χ0v) is 7.73. The maximum absolute atomic E-state index is 8.90. The second kappa shape index (κ2) is 3.55. The minimum Gasteiger partial charge on any atom is -0.390 e. The lowest BCUT2D eigenvalue weighted by Crippen LogP contribution is -1.94. The quantitative estimate of drug-likeness (QED) is 0.729. The molecule has 2 aromatic heterocycles. The Balaban J connectivity index is 2.41. The summed E-state index contributed by atoms with van der Waals surface area (Å²) in [5, 5.41) is 15.7. The summed E-state index contributed by atoms with van der Waals surface area (Å²) in [6, 6.07) is 3.53. The fourth-order valence-electron chi connectivity index (χ4n) is 1.14. The van der Waals surface area contributed by atoms with Gasteiger partial charge in [-0.3, -0.25) is 5.10 Å². The lowest BCUT2D eigenvalue weighted by atomic mass is 10.3. The Hall–Kier alpha value is -1.75. The Morgan fingerprint density at radius 3 is 3.00 bits per heavy atom. The number of aromatic nitrogens is 4. The van der Waals surface area contributed by atoms with Crippen LogP contribution in [0.15, 0.2) is 18.3 Å². The van der Waals surface area contributed by atoms with E-state index in [1.54, 1.807) is 12.3 Å². The molecule has 0 unspecified atom stereocenters. The molecule has 0 atom stereocenters. The first-order valence-electron chi connectivity index (χ1n) is 4.25. The van der Waals surface area contributed by atoms with Crippen molar-refractivity contribution in [1.29, 1.82) is 0 Å². The molecule has 0 saturated carbocycles. The number of rotatable bonds is 2. The van der Waals surface area contributed by atoms with E-state index in [9.17, 15) is 0 Å². The third kappa shape index (κ3) is 1.62. The van der Waals surface area contributed by atoms with Crippen molar-refractivity contribution in [2.75, 3.05) is 0 Å². The highest BCUT2D eigenvalue weighted by molar-refractivity contribution is 5.48. The van der Waals surface area contributed by atoms with Gasteiger partial charge < -0.3 is 5.11 Å². The topological polar surface area (TPSA) is 74.7 Å². The van der Waals surface area contributed by atoms with Crippen molar-refractivity contribution in [3.05, 3.63) is 29.7 Å².